The van der Waals surface area contributed by atoms with Gasteiger partial charge in [0.25, 0.3) is 0 Å². The quantitative estimate of drug-likeness (QED) is 0.793. The van der Waals surface area contributed by atoms with Gasteiger partial charge in [-0.25, -0.2) is 0 Å². The molecule has 4 rings (SSSR count). The smallest absolute Gasteiger partial charge is 0.224 e. The fourth-order valence-corrected chi connectivity index (χ4v) is 4.45. The molecule has 0 N–H and O–H groups in total. The first-order chi connectivity index (χ1) is 10.6. The minimum absolute atomic E-state index is 0.119. The fourth-order valence-electron chi connectivity index (χ4n) is 4.45. The summed E-state index contributed by atoms with van der Waals surface area (Å²) in [7, 11) is 0. The average molecular weight is 300 g/mol. The molecular formula is C17H24N4O. The van der Waals surface area contributed by atoms with Gasteiger partial charge in [0.15, 0.2) is 0 Å². The molecule has 0 bridgehead atoms. The van der Waals surface area contributed by atoms with Crippen molar-refractivity contribution < 1.29 is 4.79 Å². The number of amides is 1. The molecule has 2 atom stereocenters. The predicted octanol–water partition coefficient (Wildman–Crippen LogP) is 1.83. The summed E-state index contributed by atoms with van der Waals surface area (Å²) >= 11 is 0. The molecule has 5 heteroatoms. The lowest BCUT2D eigenvalue weighted by atomic mass is 9.89. The first-order valence-corrected chi connectivity index (χ1v) is 8.34. The second kappa shape index (κ2) is 4.95. The fraction of sp³-hybridized carbons (Fsp3) is 0.647. The van der Waals surface area contributed by atoms with Crippen LogP contribution in [0, 0.1) is 0 Å². The van der Waals surface area contributed by atoms with Crippen LogP contribution < -0.4 is 9.80 Å². The van der Waals surface area contributed by atoms with E-state index in [1.807, 2.05) is 17.3 Å². The molecule has 0 saturated carbocycles. The van der Waals surface area contributed by atoms with Crippen molar-refractivity contribution in [1.82, 2.24) is 9.88 Å². The number of nitrogens with zero attached hydrogens (tertiary/aromatic N) is 4. The maximum atomic E-state index is 11.9. The van der Waals surface area contributed by atoms with Gasteiger partial charge in [-0.2, -0.15) is 0 Å². The molecule has 0 radical (unpaired) electrons. The van der Waals surface area contributed by atoms with Crippen LogP contribution in [0.5, 0.6) is 0 Å². The topological polar surface area (TPSA) is 39.7 Å². The molecule has 1 amide bonds. The molecule has 4 heterocycles. The van der Waals surface area contributed by atoms with Crippen LogP contribution in [0.15, 0.2) is 12.4 Å². The lowest BCUT2D eigenvalue weighted by Crippen LogP contribution is -2.51. The first-order valence-electron chi connectivity index (χ1n) is 8.34. The predicted molar refractivity (Wildman–Crippen MR) is 87.5 cm³/mol. The Morgan fingerprint density at radius 2 is 2.09 bits per heavy atom. The summed E-state index contributed by atoms with van der Waals surface area (Å²) in [5.41, 5.74) is 3.64. The molecule has 3 aliphatic heterocycles. The van der Waals surface area contributed by atoms with Crippen molar-refractivity contribution in [3.05, 3.63) is 18.0 Å². The van der Waals surface area contributed by atoms with Crippen molar-refractivity contribution in [3.8, 4) is 0 Å². The lowest BCUT2D eigenvalue weighted by Gasteiger charge is -2.42. The Labute approximate surface area is 131 Å². The van der Waals surface area contributed by atoms with Crippen LogP contribution in [-0.2, 0) is 4.79 Å². The second-order valence-corrected chi connectivity index (χ2v) is 7.01. The maximum absolute atomic E-state index is 11.9. The highest BCUT2D eigenvalue weighted by Gasteiger charge is 2.45. The Hall–Kier alpha value is -1.62. The van der Waals surface area contributed by atoms with Gasteiger partial charge >= 0.3 is 0 Å². The van der Waals surface area contributed by atoms with Gasteiger partial charge in [0, 0.05) is 62.9 Å². The molecule has 0 spiro atoms. The summed E-state index contributed by atoms with van der Waals surface area (Å²) in [6.07, 6.45) is 5.10. The summed E-state index contributed by atoms with van der Waals surface area (Å²) in [6, 6.07) is 1.18. The third kappa shape index (κ3) is 1.88. The number of rotatable bonds is 1. The Balaban J connectivity index is 1.76. The van der Waals surface area contributed by atoms with Gasteiger partial charge in [0.1, 0.15) is 0 Å². The van der Waals surface area contributed by atoms with Gasteiger partial charge in [0.05, 0.1) is 17.6 Å². The third-order valence-corrected chi connectivity index (χ3v) is 5.59. The zero-order valence-corrected chi connectivity index (χ0v) is 13.6. The zero-order chi connectivity index (χ0) is 15.4. The number of piperidine rings is 1. The highest BCUT2D eigenvalue weighted by Crippen LogP contribution is 2.50. The van der Waals surface area contributed by atoms with Crippen LogP contribution in [0.3, 0.4) is 0 Å². The number of fused-ring (bicyclic) bond motifs is 3. The number of carbonyl (C=O) groups excluding carboxylic acids is 1. The Morgan fingerprint density at radius 1 is 1.27 bits per heavy atom. The van der Waals surface area contributed by atoms with Crippen molar-refractivity contribution in [2.75, 3.05) is 36.0 Å². The number of carbonyl (C=O) groups is 1. The SMILES string of the molecule is CC(=O)N1CCN2c3c(cncc31)[C@@H]1CN(C(C)C)CC[C@@H]12. The lowest BCUT2D eigenvalue weighted by molar-refractivity contribution is -0.116. The number of likely N-dealkylation sites (tertiary alicyclic amines) is 1. The normalized spacial score (nSPS) is 27.1. The van der Waals surface area contributed by atoms with Gasteiger partial charge in [-0.1, -0.05) is 0 Å². The molecule has 0 aromatic carbocycles. The number of hydrogen-bond donors (Lipinski definition) is 0. The summed E-state index contributed by atoms with van der Waals surface area (Å²) < 4.78 is 0. The highest BCUT2D eigenvalue weighted by molar-refractivity contribution is 5.97. The number of pyridine rings is 1. The van der Waals surface area contributed by atoms with Gasteiger partial charge in [0.2, 0.25) is 5.91 Å². The summed E-state index contributed by atoms with van der Waals surface area (Å²) in [4.78, 5) is 23.4. The van der Waals surface area contributed by atoms with E-state index in [1.165, 1.54) is 24.2 Å². The maximum Gasteiger partial charge on any atom is 0.224 e. The Kier molecular flexibility index (Phi) is 3.15. The molecule has 3 aliphatic rings. The van der Waals surface area contributed by atoms with Gasteiger partial charge in [-0.15, -0.1) is 0 Å². The molecule has 1 aromatic rings. The van der Waals surface area contributed by atoms with E-state index in [0.717, 1.165) is 25.3 Å². The van der Waals surface area contributed by atoms with Crippen LogP contribution in [0.25, 0.3) is 0 Å². The van der Waals surface area contributed by atoms with E-state index in [9.17, 15) is 4.79 Å². The molecule has 0 aliphatic carbocycles. The van der Waals surface area contributed by atoms with E-state index in [4.69, 9.17) is 0 Å². The standard InChI is InChI=1S/C17H24N4O/c1-11(2)19-5-4-15-14(10-19)13-8-18-9-16-17(13)21(15)7-6-20(16)12(3)22/h8-9,11,14-15H,4-7,10H2,1-3H3/t14-,15-/m0/s1. The van der Waals surface area contributed by atoms with Crippen LogP contribution in [0.1, 0.15) is 38.7 Å². The van der Waals surface area contributed by atoms with E-state index in [1.54, 1.807) is 6.92 Å². The molecular weight excluding hydrogens is 276 g/mol. The summed E-state index contributed by atoms with van der Waals surface area (Å²) in [5.74, 6) is 0.652. The molecule has 0 unspecified atom stereocenters. The Morgan fingerprint density at radius 3 is 2.82 bits per heavy atom. The minimum Gasteiger partial charge on any atom is -0.364 e. The van der Waals surface area contributed by atoms with Gasteiger partial charge in [-0.05, 0) is 20.3 Å². The first kappa shape index (κ1) is 14.0. The van der Waals surface area contributed by atoms with Gasteiger partial charge in [-0.3, -0.25) is 9.78 Å². The minimum atomic E-state index is 0.119. The van der Waals surface area contributed by atoms with E-state index >= 15 is 0 Å². The van der Waals surface area contributed by atoms with Crippen LogP contribution >= 0.6 is 0 Å². The van der Waals surface area contributed by atoms with E-state index in [0.29, 0.717) is 18.0 Å². The summed E-state index contributed by atoms with van der Waals surface area (Å²) in [5, 5.41) is 0. The van der Waals surface area contributed by atoms with Crippen molar-refractivity contribution in [1.29, 1.82) is 0 Å². The van der Waals surface area contributed by atoms with Crippen LogP contribution in [-0.4, -0.2) is 54.1 Å². The largest absolute Gasteiger partial charge is 0.364 e. The van der Waals surface area contributed by atoms with Crippen molar-refractivity contribution in [3.63, 3.8) is 0 Å². The molecule has 118 valence electrons. The monoisotopic (exact) mass is 300 g/mol. The van der Waals surface area contributed by atoms with Crippen molar-refractivity contribution >= 4 is 17.3 Å². The average Bonchev–Trinajstić information content (AvgIpc) is 2.83. The van der Waals surface area contributed by atoms with E-state index in [-0.39, 0.29) is 5.91 Å². The van der Waals surface area contributed by atoms with Crippen LogP contribution in [0.4, 0.5) is 11.4 Å². The van der Waals surface area contributed by atoms with E-state index in [2.05, 4.69) is 28.6 Å². The molecule has 22 heavy (non-hydrogen) atoms. The van der Waals surface area contributed by atoms with Gasteiger partial charge < -0.3 is 14.7 Å². The number of aromatic nitrogens is 1. The molecule has 5 nitrogen and oxygen atoms in total. The van der Waals surface area contributed by atoms with Crippen molar-refractivity contribution in [2.24, 2.45) is 0 Å². The second-order valence-electron chi connectivity index (χ2n) is 7.01. The molecule has 1 fully saturated rings. The van der Waals surface area contributed by atoms with E-state index < -0.39 is 0 Å². The third-order valence-electron chi connectivity index (χ3n) is 5.59. The molecule has 1 aromatic heterocycles. The highest BCUT2D eigenvalue weighted by atomic mass is 16.2. The Bertz CT molecular complexity index is 615. The number of anilines is 2. The van der Waals surface area contributed by atoms with Crippen LogP contribution in [0.2, 0.25) is 0 Å². The van der Waals surface area contributed by atoms with Crippen molar-refractivity contribution in [2.45, 2.75) is 45.2 Å². The number of hydrogen-bond acceptors (Lipinski definition) is 4. The summed E-state index contributed by atoms with van der Waals surface area (Å²) in [6.45, 7) is 10.2. The molecule has 1 saturated heterocycles. The zero-order valence-electron chi connectivity index (χ0n) is 13.6.